The van der Waals surface area contributed by atoms with Gasteiger partial charge < -0.3 is 19.5 Å². The van der Waals surface area contributed by atoms with Crippen LogP contribution in [-0.2, 0) is 27.1 Å². The maximum atomic E-state index is 12.6. The van der Waals surface area contributed by atoms with Gasteiger partial charge in [0.05, 0.1) is 19.1 Å². The molecule has 31 heavy (non-hydrogen) atoms. The minimum Gasteiger partial charge on any atom is -0.497 e. The lowest BCUT2D eigenvalue weighted by atomic mass is 9.92. The number of rotatable bonds is 7. The third-order valence-corrected chi connectivity index (χ3v) is 5.21. The Labute approximate surface area is 183 Å². The summed E-state index contributed by atoms with van der Waals surface area (Å²) in [5, 5.41) is 2.93. The number of amides is 1. The van der Waals surface area contributed by atoms with E-state index in [4.69, 9.17) is 14.2 Å². The molecule has 3 rings (SSSR count). The largest absolute Gasteiger partial charge is 0.497 e. The number of benzene rings is 2. The molecule has 0 unspecified atom stereocenters. The Bertz CT molecular complexity index is 873. The van der Waals surface area contributed by atoms with Crippen molar-refractivity contribution in [2.24, 2.45) is 5.92 Å². The molecule has 2 aromatic carbocycles. The van der Waals surface area contributed by atoms with Crippen molar-refractivity contribution in [3.05, 3.63) is 65.7 Å². The van der Waals surface area contributed by atoms with Crippen LogP contribution in [0, 0.1) is 5.92 Å². The molecule has 0 aromatic heterocycles. The molecular formula is C25H31NO5. The smallest absolute Gasteiger partial charge is 0.408 e. The second-order valence-corrected chi connectivity index (χ2v) is 8.90. The van der Waals surface area contributed by atoms with E-state index in [0.29, 0.717) is 19.3 Å². The maximum Gasteiger partial charge on any atom is 0.408 e. The van der Waals surface area contributed by atoms with Gasteiger partial charge in [-0.1, -0.05) is 42.5 Å². The summed E-state index contributed by atoms with van der Waals surface area (Å²) in [6.45, 7) is 5.45. The molecule has 166 valence electrons. The van der Waals surface area contributed by atoms with Crippen molar-refractivity contribution in [1.29, 1.82) is 0 Å². The molecule has 0 radical (unpaired) electrons. The predicted octanol–water partition coefficient (Wildman–Crippen LogP) is 4.31. The van der Waals surface area contributed by atoms with E-state index >= 15 is 0 Å². The third kappa shape index (κ3) is 6.74. The number of alkyl carbamates (subject to hydrolysis) is 1. The average Bonchev–Trinajstić information content (AvgIpc) is 3.08. The fourth-order valence-corrected chi connectivity index (χ4v) is 3.73. The van der Waals surface area contributed by atoms with Crippen molar-refractivity contribution in [3.63, 3.8) is 0 Å². The number of cyclic esters (lactones) is 1. The van der Waals surface area contributed by atoms with E-state index in [9.17, 15) is 9.59 Å². The first kappa shape index (κ1) is 22.7. The van der Waals surface area contributed by atoms with Crippen LogP contribution in [-0.4, -0.2) is 36.9 Å². The fourth-order valence-electron chi connectivity index (χ4n) is 3.73. The monoisotopic (exact) mass is 425 g/mol. The summed E-state index contributed by atoms with van der Waals surface area (Å²) in [4.78, 5) is 25.0. The molecule has 0 saturated carbocycles. The van der Waals surface area contributed by atoms with Crippen LogP contribution in [0.25, 0.3) is 0 Å². The number of carbonyl (C=O) groups is 2. The van der Waals surface area contributed by atoms with Crippen molar-refractivity contribution in [1.82, 2.24) is 5.32 Å². The Kier molecular flexibility index (Phi) is 7.21. The molecule has 0 bridgehead atoms. The normalized spacial score (nSPS) is 19.4. The first-order valence-corrected chi connectivity index (χ1v) is 10.6. The zero-order chi connectivity index (χ0) is 22.4. The van der Waals surface area contributed by atoms with Crippen molar-refractivity contribution >= 4 is 12.1 Å². The zero-order valence-corrected chi connectivity index (χ0v) is 18.6. The van der Waals surface area contributed by atoms with Gasteiger partial charge in [-0.05, 0) is 56.9 Å². The van der Waals surface area contributed by atoms with Gasteiger partial charge in [-0.3, -0.25) is 4.79 Å². The topological polar surface area (TPSA) is 73.9 Å². The lowest BCUT2D eigenvalue weighted by Crippen LogP contribution is -2.46. The lowest BCUT2D eigenvalue weighted by molar-refractivity contribution is -0.145. The van der Waals surface area contributed by atoms with Gasteiger partial charge in [0.15, 0.2) is 0 Å². The van der Waals surface area contributed by atoms with E-state index in [-0.39, 0.29) is 11.9 Å². The summed E-state index contributed by atoms with van der Waals surface area (Å²) in [5.74, 6) is 0.307. The van der Waals surface area contributed by atoms with Crippen LogP contribution in [0.3, 0.4) is 0 Å². The molecule has 6 heteroatoms. The molecule has 1 fully saturated rings. The first-order valence-electron chi connectivity index (χ1n) is 10.6. The van der Waals surface area contributed by atoms with Crippen LogP contribution in [0.1, 0.15) is 38.3 Å². The quantitative estimate of drug-likeness (QED) is 0.670. The van der Waals surface area contributed by atoms with Gasteiger partial charge in [-0.25, -0.2) is 4.79 Å². The summed E-state index contributed by atoms with van der Waals surface area (Å²) in [6, 6.07) is 17.1. The highest BCUT2D eigenvalue weighted by Gasteiger charge is 2.40. The molecular weight excluding hydrogens is 394 g/mol. The van der Waals surface area contributed by atoms with Gasteiger partial charge in [0, 0.05) is 6.42 Å². The first-order chi connectivity index (χ1) is 14.7. The van der Waals surface area contributed by atoms with Gasteiger partial charge in [-0.15, -0.1) is 0 Å². The number of nitrogens with one attached hydrogen (secondary N) is 1. The summed E-state index contributed by atoms with van der Waals surface area (Å²) < 4.78 is 16.4. The zero-order valence-electron chi connectivity index (χ0n) is 18.6. The summed E-state index contributed by atoms with van der Waals surface area (Å²) in [6.07, 6.45) is 0.742. The fraction of sp³-hybridized carbons (Fsp3) is 0.440. The average molecular weight is 426 g/mol. The molecule has 0 spiro atoms. The van der Waals surface area contributed by atoms with Crippen LogP contribution in [0.5, 0.6) is 5.75 Å². The number of methoxy groups -OCH3 is 1. The summed E-state index contributed by atoms with van der Waals surface area (Å²) in [7, 11) is 1.62. The number of esters is 1. The standard InChI is InChI=1S/C25H31NO5/c1-25(2,3)31-24(28)26-21(15-18-10-12-20(29-4)13-11-18)22-16-19(23(27)30-22)14-17-8-6-5-7-9-17/h5-13,19,21-22H,14-16H2,1-4H3,(H,26,28)/t19-,21+,22+/m1/s1. The third-order valence-electron chi connectivity index (χ3n) is 5.21. The SMILES string of the molecule is COc1ccc(C[C@H](NC(=O)OC(C)(C)C)[C@@H]2C[C@@H](Cc3ccccc3)C(=O)O2)cc1. The van der Waals surface area contributed by atoms with Gasteiger partial charge in [0.2, 0.25) is 0 Å². The van der Waals surface area contributed by atoms with Crippen LogP contribution in [0.2, 0.25) is 0 Å². The van der Waals surface area contributed by atoms with Crippen molar-refractivity contribution in [3.8, 4) is 5.75 Å². The van der Waals surface area contributed by atoms with Crippen LogP contribution in [0.15, 0.2) is 54.6 Å². The minimum atomic E-state index is -0.614. The molecule has 1 heterocycles. The highest BCUT2D eigenvalue weighted by Crippen LogP contribution is 2.28. The summed E-state index contributed by atoms with van der Waals surface area (Å²) in [5.41, 5.74) is 1.48. The molecule has 3 atom stereocenters. The van der Waals surface area contributed by atoms with Crippen LogP contribution in [0.4, 0.5) is 4.79 Å². The minimum absolute atomic E-state index is 0.223. The Morgan fingerprint density at radius 2 is 1.77 bits per heavy atom. The second kappa shape index (κ2) is 9.86. The summed E-state index contributed by atoms with van der Waals surface area (Å²) >= 11 is 0. The molecule has 1 amide bonds. The van der Waals surface area contributed by atoms with Gasteiger partial charge in [0.25, 0.3) is 0 Å². The number of hydrogen-bond acceptors (Lipinski definition) is 5. The van der Waals surface area contributed by atoms with E-state index in [0.717, 1.165) is 16.9 Å². The molecule has 1 aliphatic heterocycles. The van der Waals surface area contributed by atoms with Gasteiger partial charge >= 0.3 is 12.1 Å². The maximum absolute atomic E-state index is 12.6. The Morgan fingerprint density at radius 1 is 1.10 bits per heavy atom. The highest BCUT2D eigenvalue weighted by molar-refractivity contribution is 5.75. The van der Waals surface area contributed by atoms with Crippen molar-refractivity contribution < 1.29 is 23.8 Å². The van der Waals surface area contributed by atoms with Crippen LogP contribution < -0.4 is 10.1 Å². The molecule has 6 nitrogen and oxygen atoms in total. The van der Waals surface area contributed by atoms with E-state index in [1.807, 2.05) is 75.4 Å². The molecule has 1 N–H and O–H groups in total. The second-order valence-electron chi connectivity index (χ2n) is 8.90. The Balaban J connectivity index is 1.73. The predicted molar refractivity (Wildman–Crippen MR) is 118 cm³/mol. The van der Waals surface area contributed by atoms with E-state index in [2.05, 4.69) is 5.32 Å². The van der Waals surface area contributed by atoms with E-state index in [1.165, 1.54) is 0 Å². The van der Waals surface area contributed by atoms with Gasteiger partial charge in [-0.2, -0.15) is 0 Å². The molecule has 1 aliphatic rings. The van der Waals surface area contributed by atoms with Crippen LogP contribution >= 0.6 is 0 Å². The Hall–Kier alpha value is -3.02. The molecule has 2 aromatic rings. The van der Waals surface area contributed by atoms with E-state index < -0.39 is 23.8 Å². The van der Waals surface area contributed by atoms with Gasteiger partial charge in [0.1, 0.15) is 17.5 Å². The van der Waals surface area contributed by atoms with Crippen molar-refractivity contribution in [2.75, 3.05) is 7.11 Å². The van der Waals surface area contributed by atoms with E-state index in [1.54, 1.807) is 7.11 Å². The number of hydrogen-bond donors (Lipinski definition) is 1. The number of ether oxygens (including phenoxy) is 3. The molecule has 0 aliphatic carbocycles. The van der Waals surface area contributed by atoms with Crippen molar-refractivity contribution in [2.45, 2.75) is 57.8 Å². The lowest BCUT2D eigenvalue weighted by Gasteiger charge is -2.26. The Morgan fingerprint density at radius 3 is 2.39 bits per heavy atom. The number of carbonyl (C=O) groups excluding carboxylic acids is 2. The highest BCUT2D eigenvalue weighted by atomic mass is 16.6. The molecule has 1 saturated heterocycles.